The van der Waals surface area contributed by atoms with E-state index in [1.165, 1.54) is 0 Å². The topological polar surface area (TPSA) is 77.5 Å². The molecule has 0 spiro atoms. The van der Waals surface area contributed by atoms with Crippen molar-refractivity contribution in [2.75, 3.05) is 19.0 Å². The van der Waals surface area contributed by atoms with Crippen LogP contribution in [-0.4, -0.2) is 30.6 Å². The Morgan fingerprint density at radius 1 is 1.06 bits per heavy atom. The summed E-state index contributed by atoms with van der Waals surface area (Å²) < 4.78 is 10.4. The van der Waals surface area contributed by atoms with Gasteiger partial charge in [0.1, 0.15) is 10.6 Å². The second-order valence-electron chi connectivity index (χ2n) is 7.95. The molecule has 0 aliphatic rings. The van der Waals surface area contributed by atoms with Crippen LogP contribution >= 0.6 is 11.3 Å². The number of esters is 1. The van der Waals surface area contributed by atoms with Crippen molar-refractivity contribution in [2.45, 2.75) is 33.6 Å². The number of methoxy groups -OCH3 is 1. The zero-order valence-corrected chi connectivity index (χ0v) is 19.8. The van der Waals surface area contributed by atoms with E-state index in [0.717, 1.165) is 28.2 Å². The summed E-state index contributed by atoms with van der Waals surface area (Å²) in [6.45, 7) is 7.59. The monoisotopic (exact) mass is 452 g/mol. The molecule has 1 unspecified atom stereocenters. The van der Waals surface area contributed by atoms with Crippen molar-refractivity contribution >= 4 is 28.3 Å². The number of rotatable bonds is 8. The number of hydrogen-bond donors (Lipinski definition) is 1. The number of anilines is 1. The highest BCUT2D eigenvalue weighted by molar-refractivity contribution is 7.17. The second-order valence-corrected chi connectivity index (χ2v) is 8.95. The lowest BCUT2D eigenvalue weighted by Crippen LogP contribution is -2.37. The largest absolute Gasteiger partial charge is 0.497 e. The molecule has 1 heterocycles. The van der Waals surface area contributed by atoms with Gasteiger partial charge in [-0.05, 0) is 37.1 Å². The van der Waals surface area contributed by atoms with Crippen LogP contribution in [0.1, 0.15) is 53.2 Å². The Labute approximate surface area is 192 Å². The summed E-state index contributed by atoms with van der Waals surface area (Å²) in [6.07, 6.45) is 0. The quantitative estimate of drug-likeness (QED) is 0.461. The summed E-state index contributed by atoms with van der Waals surface area (Å²) in [5, 5.41) is 3.30. The van der Waals surface area contributed by atoms with Gasteiger partial charge in [0.15, 0.2) is 5.13 Å². The van der Waals surface area contributed by atoms with Gasteiger partial charge in [0.2, 0.25) is 5.91 Å². The molecule has 0 radical (unpaired) electrons. The number of carbonyl (C=O) groups is 2. The molecule has 0 saturated carbocycles. The van der Waals surface area contributed by atoms with Crippen molar-refractivity contribution in [3.8, 4) is 5.75 Å². The number of amides is 1. The van der Waals surface area contributed by atoms with E-state index in [2.05, 4.69) is 10.3 Å². The summed E-state index contributed by atoms with van der Waals surface area (Å²) in [4.78, 5) is 30.4. The molecule has 1 aromatic heterocycles. The third-order valence-electron chi connectivity index (χ3n) is 5.37. The fraction of sp³-hybridized carbons (Fsp3) is 0.320. The molecule has 3 rings (SSSR count). The van der Waals surface area contributed by atoms with E-state index in [0.29, 0.717) is 15.7 Å². The maximum absolute atomic E-state index is 13.5. The SMILES string of the molecule is CCOC(=O)c1sc(NC(=O)C(C)(C)C(c2ccccc2)c2ccc(OC)cc2)nc1C. The highest BCUT2D eigenvalue weighted by atomic mass is 32.1. The van der Waals surface area contributed by atoms with Crippen molar-refractivity contribution in [2.24, 2.45) is 5.41 Å². The molecule has 1 atom stereocenters. The number of hydrogen-bond acceptors (Lipinski definition) is 6. The molecule has 2 aromatic carbocycles. The van der Waals surface area contributed by atoms with Crippen LogP contribution in [0.5, 0.6) is 5.75 Å². The molecule has 0 bridgehead atoms. The minimum Gasteiger partial charge on any atom is -0.497 e. The van der Waals surface area contributed by atoms with E-state index in [-0.39, 0.29) is 18.4 Å². The smallest absolute Gasteiger partial charge is 0.350 e. The first-order chi connectivity index (χ1) is 15.3. The van der Waals surface area contributed by atoms with Gasteiger partial charge in [0, 0.05) is 5.92 Å². The molecule has 3 aromatic rings. The van der Waals surface area contributed by atoms with E-state index in [9.17, 15) is 9.59 Å². The number of carbonyl (C=O) groups excluding carboxylic acids is 2. The molecule has 0 aliphatic heterocycles. The third kappa shape index (κ3) is 4.99. The van der Waals surface area contributed by atoms with Gasteiger partial charge in [-0.25, -0.2) is 9.78 Å². The highest BCUT2D eigenvalue weighted by Crippen LogP contribution is 2.42. The zero-order chi connectivity index (χ0) is 23.3. The fourth-order valence-corrected chi connectivity index (χ4v) is 4.55. The Balaban J connectivity index is 1.93. The van der Waals surface area contributed by atoms with Crippen LogP contribution in [0.3, 0.4) is 0 Å². The van der Waals surface area contributed by atoms with Crippen molar-refractivity contribution in [1.29, 1.82) is 0 Å². The lowest BCUT2D eigenvalue weighted by atomic mass is 9.70. The minimum absolute atomic E-state index is 0.189. The van der Waals surface area contributed by atoms with Crippen LogP contribution in [0.15, 0.2) is 54.6 Å². The Morgan fingerprint density at radius 3 is 2.28 bits per heavy atom. The van der Waals surface area contributed by atoms with Crippen LogP contribution in [0.2, 0.25) is 0 Å². The van der Waals surface area contributed by atoms with E-state index in [1.807, 2.05) is 68.4 Å². The van der Waals surface area contributed by atoms with Crippen LogP contribution in [-0.2, 0) is 9.53 Å². The summed E-state index contributed by atoms with van der Waals surface area (Å²) in [6, 6.07) is 17.7. The van der Waals surface area contributed by atoms with Gasteiger partial charge >= 0.3 is 5.97 Å². The Hall–Kier alpha value is -3.19. The number of nitrogens with one attached hydrogen (secondary N) is 1. The Bertz CT molecular complexity index is 1080. The molecule has 1 N–H and O–H groups in total. The average Bonchev–Trinajstić information content (AvgIpc) is 3.15. The summed E-state index contributed by atoms with van der Waals surface area (Å²) in [5.74, 6) is -0.0678. The van der Waals surface area contributed by atoms with E-state index < -0.39 is 11.4 Å². The van der Waals surface area contributed by atoms with Crippen LogP contribution in [0, 0.1) is 12.3 Å². The van der Waals surface area contributed by atoms with Crippen LogP contribution < -0.4 is 10.1 Å². The van der Waals surface area contributed by atoms with Crippen molar-refractivity contribution < 1.29 is 19.1 Å². The van der Waals surface area contributed by atoms with E-state index >= 15 is 0 Å². The van der Waals surface area contributed by atoms with Gasteiger partial charge in [-0.3, -0.25) is 4.79 Å². The van der Waals surface area contributed by atoms with Gasteiger partial charge in [0.25, 0.3) is 0 Å². The standard InChI is InChI=1S/C25H28N2O4S/c1-6-31-22(28)21-16(2)26-24(32-21)27-23(29)25(3,4)20(17-10-8-7-9-11-17)18-12-14-19(30-5)15-13-18/h7-15,20H,6H2,1-5H3,(H,26,27,29). The molecular weight excluding hydrogens is 424 g/mol. The predicted octanol–water partition coefficient (Wildman–Crippen LogP) is 5.43. The Kier molecular flexibility index (Phi) is 7.30. The van der Waals surface area contributed by atoms with Gasteiger partial charge in [-0.1, -0.05) is 67.6 Å². The van der Waals surface area contributed by atoms with Gasteiger partial charge in [0.05, 0.1) is 24.8 Å². The number of thiazole rings is 1. The number of benzene rings is 2. The summed E-state index contributed by atoms with van der Waals surface area (Å²) in [7, 11) is 1.63. The maximum Gasteiger partial charge on any atom is 0.350 e. The molecule has 0 aliphatic carbocycles. The number of aromatic nitrogens is 1. The normalized spacial score (nSPS) is 12.2. The van der Waals surface area contributed by atoms with E-state index in [1.54, 1.807) is 21.0 Å². The van der Waals surface area contributed by atoms with Crippen molar-refractivity contribution in [1.82, 2.24) is 4.98 Å². The van der Waals surface area contributed by atoms with Crippen molar-refractivity contribution in [3.05, 3.63) is 76.3 Å². The maximum atomic E-state index is 13.5. The first-order valence-corrected chi connectivity index (χ1v) is 11.2. The number of aryl methyl sites for hydroxylation is 1. The third-order valence-corrected chi connectivity index (χ3v) is 6.42. The molecule has 32 heavy (non-hydrogen) atoms. The lowest BCUT2D eigenvalue weighted by molar-refractivity contribution is -0.124. The minimum atomic E-state index is -0.820. The predicted molar refractivity (Wildman–Crippen MR) is 126 cm³/mol. The lowest BCUT2D eigenvalue weighted by Gasteiger charge is -2.33. The van der Waals surface area contributed by atoms with Gasteiger partial charge in [-0.15, -0.1) is 0 Å². The Morgan fingerprint density at radius 2 is 1.69 bits per heavy atom. The molecule has 168 valence electrons. The van der Waals surface area contributed by atoms with Crippen molar-refractivity contribution in [3.63, 3.8) is 0 Å². The zero-order valence-electron chi connectivity index (χ0n) is 19.0. The first kappa shape index (κ1) is 23.5. The summed E-state index contributed by atoms with van der Waals surface area (Å²) >= 11 is 1.13. The summed E-state index contributed by atoms with van der Waals surface area (Å²) in [5.41, 5.74) is 1.75. The first-order valence-electron chi connectivity index (χ1n) is 10.4. The molecular formula is C25H28N2O4S. The molecule has 7 heteroatoms. The van der Waals surface area contributed by atoms with Crippen LogP contribution in [0.4, 0.5) is 5.13 Å². The molecule has 1 amide bonds. The number of ether oxygens (including phenoxy) is 2. The fourth-order valence-electron chi connectivity index (χ4n) is 3.69. The van der Waals surface area contributed by atoms with Gasteiger partial charge in [-0.2, -0.15) is 0 Å². The van der Waals surface area contributed by atoms with Gasteiger partial charge < -0.3 is 14.8 Å². The second kappa shape index (κ2) is 9.96. The average molecular weight is 453 g/mol. The number of nitrogens with zero attached hydrogens (tertiary/aromatic N) is 1. The van der Waals surface area contributed by atoms with E-state index in [4.69, 9.17) is 9.47 Å². The van der Waals surface area contributed by atoms with Crippen LogP contribution in [0.25, 0.3) is 0 Å². The molecule has 6 nitrogen and oxygen atoms in total. The molecule has 0 fully saturated rings. The molecule has 0 saturated heterocycles. The highest BCUT2D eigenvalue weighted by Gasteiger charge is 2.39.